The number of ether oxygens (including phenoxy) is 2. The van der Waals surface area contributed by atoms with E-state index in [2.05, 4.69) is 15.9 Å². The Morgan fingerprint density at radius 2 is 1.82 bits per heavy atom. The van der Waals surface area contributed by atoms with Crippen molar-refractivity contribution in [1.29, 1.82) is 0 Å². The second-order valence-corrected chi connectivity index (χ2v) is 5.23. The molecule has 0 aromatic heterocycles. The second-order valence-electron chi connectivity index (χ2n) is 4.37. The molecule has 0 radical (unpaired) electrons. The molecule has 0 spiro atoms. The molecule has 22 heavy (non-hydrogen) atoms. The molecule has 0 fully saturated rings. The van der Waals surface area contributed by atoms with Crippen LogP contribution in [0.4, 0.5) is 0 Å². The summed E-state index contributed by atoms with van der Waals surface area (Å²) < 4.78 is 11.9. The van der Waals surface area contributed by atoms with Gasteiger partial charge in [0.2, 0.25) is 0 Å². The molecule has 1 N–H and O–H groups in total. The van der Waals surface area contributed by atoms with Crippen molar-refractivity contribution in [1.82, 2.24) is 0 Å². The molecule has 0 aliphatic heterocycles. The molecule has 0 amide bonds. The first-order chi connectivity index (χ1) is 10.6. The van der Waals surface area contributed by atoms with Crippen LogP contribution in [0.15, 0.2) is 59.1 Å². The van der Waals surface area contributed by atoms with E-state index in [-0.39, 0.29) is 0 Å². The van der Waals surface area contributed by atoms with Gasteiger partial charge in [0.25, 0.3) is 0 Å². The van der Waals surface area contributed by atoms with Crippen LogP contribution in [-0.4, -0.2) is 24.3 Å². The highest BCUT2D eigenvalue weighted by Gasteiger charge is 2.02. The molecule has 0 unspecified atom stereocenters. The summed E-state index contributed by atoms with van der Waals surface area (Å²) in [5.74, 6) is 0.512. The third-order valence-electron chi connectivity index (χ3n) is 2.73. The number of carboxylic acids is 1. The first-order valence-corrected chi connectivity index (χ1v) is 7.45. The van der Waals surface area contributed by atoms with Crippen molar-refractivity contribution in [2.24, 2.45) is 0 Å². The number of carboxylic acid groups (broad SMARTS) is 1. The zero-order valence-electron chi connectivity index (χ0n) is 11.7. The Balaban J connectivity index is 1.84. The fourth-order valence-electron chi connectivity index (χ4n) is 1.73. The van der Waals surface area contributed by atoms with Crippen LogP contribution in [0.3, 0.4) is 0 Å². The highest BCUT2D eigenvalue weighted by Crippen LogP contribution is 2.26. The van der Waals surface area contributed by atoms with Gasteiger partial charge in [-0.1, -0.05) is 24.3 Å². The molecular weight excluding hydrogens is 348 g/mol. The van der Waals surface area contributed by atoms with Crippen LogP contribution in [-0.2, 0) is 4.79 Å². The molecule has 4 nitrogen and oxygen atoms in total. The van der Waals surface area contributed by atoms with Gasteiger partial charge in [0.1, 0.15) is 24.7 Å². The van der Waals surface area contributed by atoms with Crippen molar-refractivity contribution in [3.05, 3.63) is 64.6 Å². The van der Waals surface area contributed by atoms with Crippen molar-refractivity contribution in [3.8, 4) is 11.5 Å². The van der Waals surface area contributed by atoms with Gasteiger partial charge in [-0.05, 0) is 51.8 Å². The smallest absolute Gasteiger partial charge is 0.328 e. The number of hydrogen-bond acceptors (Lipinski definition) is 3. The Morgan fingerprint density at radius 3 is 2.50 bits per heavy atom. The van der Waals surface area contributed by atoms with Crippen LogP contribution in [0.5, 0.6) is 11.5 Å². The predicted molar refractivity (Wildman–Crippen MR) is 88.2 cm³/mol. The normalized spacial score (nSPS) is 10.6. The Labute approximate surface area is 137 Å². The van der Waals surface area contributed by atoms with Crippen LogP contribution in [0.2, 0.25) is 0 Å². The van der Waals surface area contributed by atoms with Gasteiger partial charge >= 0.3 is 5.97 Å². The number of para-hydroxylation sites is 1. The summed E-state index contributed by atoms with van der Waals surface area (Å²) in [6.07, 6.45) is 2.62. The van der Waals surface area contributed by atoms with Gasteiger partial charge in [0.05, 0.1) is 4.47 Å². The van der Waals surface area contributed by atoms with E-state index in [0.717, 1.165) is 21.9 Å². The Morgan fingerprint density at radius 1 is 1.09 bits per heavy atom. The van der Waals surface area contributed by atoms with Crippen molar-refractivity contribution < 1.29 is 19.4 Å². The molecule has 5 heteroatoms. The second kappa shape index (κ2) is 8.24. The number of halogens is 1. The van der Waals surface area contributed by atoms with Crippen LogP contribution in [0, 0.1) is 0 Å². The van der Waals surface area contributed by atoms with E-state index in [1.54, 1.807) is 18.2 Å². The maximum Gasteiger partial charge on any atom is 0.328 e. The molecule has 0 saturated carbocycles. The lowest BCUT2D eigenvalue weighted by atomic mass is 10.2. The number of rotatable bonds is 7. The highest BCUT2D eigenvalue weighted by molar-refractivity contribution is 9.10. The zero-order chi connectivity index (χ0) is 15.8. The molecular formula is C17H15BrO4. The first kappa shape index (κ1) is 16.1. The lowest BCUT2D eigenvalue weighted by Gasteiger charge is -2.10. The van der Waals surface area contributed by atoms with Crippen molar-refractivity contribution >= 4 is 28.0 Å². The minimum absolute atomic E-state index is 0.414. The molecule has 0 bridgehead atoms. The monoisotopic (exact) mass is 362 g/mol. The maximum atomic E-state index is 10.5. The predicted octanol–water partition coefficient (Wildman–Crippen LogP) is 4.00. The maximum absolute atomic E-state index is 10.5. The van der Waals surface area contributed by atoms with E-state index in [1.807, 2.05) is 30.3 Å². The third kappa shape index (κ3) is 5.26. The van der Waals surface area contributed by atoms with E-state index in [1.165, 1.54) is 6.08 Å². The van der Waals surface area contributed by atoms with Gasteiger partial charge in [0.15, 0.2) is 0 Å². The molecule has 0 aliphatic carbocycles. The van der Waals surface area contributed by atoms with Crippen molar-refractivity contribution in [2.75, 3.05) is 13.2 Å². The average molecular weight is 363 g/mol. The largest absolute Gasteiger partial charge is 0.490 e. The number of benzene rings is 2. The third-order valence-corrected chi connectivity index (χ3v) is 3.35. The lowest BCUT2D eigenvalue weighted by Crippen LogP contribution is -2.09. The molecule has 2 aromatic rings. The molecule has 0 aliphatic rings. The number of hydrogen-bond donors (Lipinski definition) is 1. The molecule has 0 heterocycles. The summed E-state index contributed by atoms with van der Waals surface area (Å²) in [4.78, 5) is 10.5. The SMILES string of the molecule is O=C(O)C=Cc1ccc(OCCOc2ccccc2)c(Br)c1. The van der Waals surface area contributed by atoms with Crippen LogP contribution in [0.25, 0.3) is 6.08 Å². The fourth-order valence-corrected chi connectivity index (χ4v) is 2.24. The Hall–Kier alpha value is -2.27. The van der Waals surface area contributed by atoms with Gasteiger partial charge < -0.3 is 14.6 Å². The minimum atomic E-state index is -0.977. The summed E-state index contributed by atoms with van der Waals surface area (Å²) in [5.41, 5.74) is 0.780. The summed E-state index contributed by atoms with van der Waals surface area (Å²) in [6, 6.07) is 14.9. The molecule has 0 atom stereocenters. The quantitative estimate of drug-likeness (QED) is 0.597. The molecule has 114 valence electrons. The molecule has 2 rings (SSSR count). The van der Waals surface area contributed by atoms with Gasteiger partial charge in [-0.15, -0.1) is 0 Å². The van der Waals surface area contributed by atoms with Crippen LogP contribution < -0.4 is 9.47 Å². The van der Waals surface area contributed by atoms with Crippen LogP contribution in [0.1, 0.15) is 5.56 Å². The van der Waals surface area contributed by atoms with Gasteiger partial charge in [-0.2, -0.15) is 0 Å². The van der Waals surface area contributed by atoms with E-state index >= 15 is 0 Å². The Bertz CT molecular complexity index is 653. The standard InChI is InChI=1S/C17H15BrO4/c18-15-12-13(7-9-17(19)20)6-8-16(15)22-11-10-21-14-4-2-1-3-5-14/h1-9,12H,10-11H2,(H,19,20). The minimum Gasteiger partial charge on any atom is -0.490 e. The summed E-state index contributed by atoms with van der Waals surface area (Å²) in [7, 11) is 0. The summed E-state index contributed by atoms with van der Waals surface area (Å²) >= 11 is 3.40. The average Bonchev–Trinajstić information content (AvgIpc) is 2.52. The van der Waals surface area contributed by atoms with E-state index in [0.29, 0.717) is 19.0 Å². The molecule has 0 saturated heterocycles. The van der Waals surface area contributed by atoms with Crippen molar-refractivity contribution in [3.63, 3.8) is 0 Å². The number of carbonyl (C=O) groups is 1. The highest BCUT2D eigenvalue weighted by atomic mass is 79.9. The van der Waals surface area contributed by atoms with E-state index in [4.69, 9.17) is 14.6 Å². The van der Waals surface area contributed by atoms with E-state index < -0.39 is 5.97 Å². The topological polar surface area (TPSA) is 55.8 Å². The lowest BCUT2D eigenvalue weighted by molar-refractivity contribution is -0.131. The Kier molecular flexibility index (Phi) is 6.03. The first-order valence-electron chi connectivity index (χ1n) is 6.66. The zero-order valence-corrected chi connectivity index (χ0v) is 13.3. The summed E-state index contributed by atoms with van der Waals surface area (Å²) in [6.45, 7) is 0.856. The van der Waals surface area contributed by atoms with Gasteiger partial charge in [0, 0.05) is 6.08 Å². The van der Waals surface area contributed by atoms with Crippen LogP contribution >= 0.6 is 15.9 Å². The fraction of sp³-hybridized carbons (Fsp3) is 0.118. The summed E-state index contributed by atoms with van der Waals surface area (Å²) in [5, 5.41) is 8.60. The van der Waals surface area contributed by atoms with Crippen molar-refractivity contribution in [2.45, 2.75) is 0 Å². The van der Waals surface area contributed by atoms with Gasteiger partial charge in [-0.3, -0.25) is 0 Å². The van der Waals surface area contributed by atoms with E-state index in [9.17, 15) is 4.79 Å². The van der Waals surface area contributed by atoms with Gasteiger partial charge in [-0.25, -0.2) is 4.79 Å². The molecule has 2 aromatic carbocycles. The number of aliphatic carboxylic acids is 1.